The zero-order chi connectivity index (χ0) is 15.0. The Bertz CT molecular complexity index is 879. The third-order valence-electron chi connectivity index (χ3n) is 3.37. The van der Waals surface area contributed by atoms with E-state index < -0.39 is 0 Å². The highest BCUT2D eigenvalue weighted by Crippen LogP contribution is 2.43. The van der Waals surface area contributed by atoms with Crippen molar-refractivity contribution in [3.63, 3.8) is 0 Å². The molecule has 21 heavy (non-hydrogen) atoms. The minimum Gasteiger partial charge on any atom is -0.493 e. The minimum absolute atomic E-state index is 0.133. The predicted molar refractivity (Wildman–Crippen MR) is 79.6 cm³/mol. The lowest BCUT2D eigenvalue weighted by Gasteiger charge is -2.14. The van der Waals surface area contributed by atoms with Crippen LogP contribution in [0.3, 0.4) is 0 Å². The largest absolute Gasteiger partial charge is 0.493 e. The molecule has 5 heteroatoms. The first-order chi connectivity index (χ1) is 10.2. The Morgan fingerprint density at radius 3 is 2.29 bits per heavy atom. The van der Waals surface area contributed by atoms with Crippen molar-refractivity contribution in [2.24, 2.45) is 0 Å². The van der Waals surface area contributed by atoms with Gasteiger partial charge in [0.15, 0.2) is 11.3 Å². The van der Waals surface area contributed by atoms with E-state index in [0.717, 1.165) is 0 Å². The zero-order valence-corrected chi connectivity index (χ0v) is 11.9. The highest BCUT2D eigenvalue weighted by atomic mass is 16.5. The number of benzene rings is 2. The van der Waals surface area contributed by atoms with Gasteiger partial charge in [-0.2, -0.15) is 0 Å². The molecule has 1 heterocycles. The summed E-state index contributed by atoms with van der Waals surface area (Å²) in [6.45, 7) is 0. The fourth-order valence-electron chi connectivity index (χ4n) is 2.40. The van der Waals surface area contributed by atoms with Gasteiger partial charge in [-0.15, -0.1) is 0 Å². The summed E-state index contributed by atoms with van der Waals surface area (Å²) in [4.78, 5) is 12.6. The maximum absolute atomic E-state index is 12.6. The summed E-state index contributed by atoms with van der Waals surface area (Å²) in [6, 6.07) is 8.68. The van der Waals surface area contributed by atoms with Gasteiger partial charge in [0, 0.05) is 0 Å². The summed E-state index contributed by atoms with van der Waals surface area (Å²) in [5.41, 5.74) is 0.713. The number of para-hydroxylation sites is 1. The highest BCUT2D eigenvalue weighted by molar-refractivity contribution is 5.95. The molecule has 0 spiro atoms. The molecule has 2 aromatic carbocycles. The van der Waals surface area contributed by atoms with Crippen molar-refractivity contribution in [3.05, 3.63) is 40.6 Å². The summed E-state index contributed by atoms with van der Waals surface area (Å²) >= 11 is 0. The van der Waals surface area contributed by atoms with Gasteiger partial charge < -0.3 is 18.6 Å². The normalized spacial score (nSPS) is 10.8. The van der Waals surface area contributed by atoms with Crippen LogP contribution in [0.1, 0.15) is 0 Å². The molecule has 0 aliphatic heterocycles. The fraction of sp³-hybridized carbons (Fsp3) is 0.188. The number of rotatable bonds is 3. The van der Waals surface area contributed by atoms with Crippen molar-refractivity contribution in [2.45, 2.75) is 0 Å². The second-order valence-corrected chi connectivity index (χ2v) is 4.45. The van der Waals surface area contributed by atoms with Crippen molar-refractivity contribution < 1.29 is 18.6 Å². The molecule has 0 unspecified atom stereocenters. The van der Waals surface area contributed by atoms with Crippen molar-refractivity contribution in [2.75, 3.05) is 21.3 Å². The van der Waals surface area contributed by atoms with Crippen LogP contribution in [-0.4, -0.2) is 21.3 Å². The quantitative estimate of drug-likeness (QED) is 0.693. The molecule has 0 bridgehead atoms. The van der Waals surface area contributed by atoms with E-state index in [2.05, 4.69) is 0 Å². The molecule has 0 amide bonds. The number of ether oxygens (including phenoxy) is 3. The van der Waals surface area contributed by atoms with Gasteiger partial charge in [0.2, 0.25) is 16.9 Å². The third-order valence-corrected chi connectivity index (χ3v) is 3.37. The van der Waals surface area contributed by atoms with Crippen LogP contribution in [-0.2, 0) is 0 Å². The van der Waals surface area contributed by atoms with Crippen molar-refractivity contribution in [3.8, 4) is 17.2 Å². The highest BCUT2D eigenvalue weighted by Gasteiger charge is 2.20. The van der Waals surface area contributed by atoms with E-state index >= 15 is 0 Å². The first-order valence-corrected chi connectivity index (χ1v) is 6.35. The van der Waals surface area contributed by atoms with Gasteiger partial charge in [0.1, 0.15) is 5.58 Å². The van der Waals surface area contributed by atoms with Crippen LogP contribution < -0.4 is 19.6 Å². The molecule has 3 rings (SSSR count). The van der Waals surface area contributed by atoms with E-state index in [4.69, 9.17) is 18.6 Å². The smallest absolute Gasteiger partial charge is 0.208 e. The van der Waals surface area contributed by atoms with Crippen LogP contribution in [0.25, 0.3) is 21.9 Å². The van der Waals surface area contributed by atoms with E-state index in [1.165, 1.54) is 21.3 Å². The Balaban J connectivity index is 2.56. The minimum atomic E-state index is -0.133. The summed E-state index contributed by atoms with van der Waals surface area (Å²) in [5.74, 6) is 1.16. The molecular weight excluding hydrogens is 272 g/mol. The van der Waals surface area contributed by atoms with Gasteiger partial charge in [-0.25, -0.2) is 0 Å². The molecule has 0 N–H and O–H groups in total. The van der Waals surface area contributed by atoms with Gasteiger partial charge >= 0.3 is 0 Å². The molecule has 0 aliphatic rings. The second kappa shape index (κ2) is 5.01. The summed E-state index contributed by atoms with van der Waals surface area (Å²) < 4.78 is 21.8. The predicted octanol–water partition coefficient (Wildman–Crippen LogP) is 2.97. The van der Waals surface area contributed by atoms with Crippen LogP contribution in [0.15, 0.2) is 39.5 Å². The summed E-state index contributed by atoms with van der Waals surface area (Å²) in [7, 11) is 4.50. The molecule has 0 saturated carbocycles. The molecule has 0 radical (unpaired) electrons. The van der Waals surface area contributed by atoms with Crippen LogP contribution in [0.4, 0.5) is 0 Å². The number of methoxy groups -OCH3 is 3. The molecule has 108 valence electrons. The van der Waals surface area contributed by atoms with Crippen LogP contribution in [0.5, 0.6) is 17.2 Å². The number of hydrogen-bond acceptors (Lipinski definition) is 5. The molecule has 0 fully saturated rings. The molecule has 0 aliphatic carbocycles. The fourth-order valence-corrected chi connectivity index (χ4v) is 2.40. The average Bonchev–Trinajstić information content (AvgIpc) is 2.53. The number of hydrogen-bond donors (Lipinski definition) is 0. The standard InChI is InChI=1S/C16H14O5/c1-18-12-8-10-13(17)9-6-4-5-7-11(9)21-14(10)16(20-3)15(12)19-2/h4-8H,1-3H3. The third kappa shape index (κ3) is 1.89. The lowest BCUT2D eigenvalue weighted by atomic mass is 10.1. The first-order valence-electron chi connectivity index (χ1n) is 6.35. The zero-order valence-electron chi connectivity index (χ0n) is 11.9. The van der Waals surface area contributed by atoms with E-state index in [0.29, 0.717) is 39.2 Å². The van der Waals surface area contributed by atoms with E-state index in [1.54, 1.807) is 24.3 Å². The Hall–Kier alpha value is -2.69. The van der Waals surface area contributed by atoms with Crippen LogP contribution in [0.2, 0.25) is 0 Å². The van der Waals surface area contributed by atoms with Crippen molar-refractivity contribution >= 4 is 21.9 Å². The lowest BCUT2D eigenvalue weighted by molar-refractivity contribution is 0.324. The molecular formula is C16H14O5. The second-order valence-electron chi connectivity index (χ2n) is 4.45. The van der Waals surface area contributed by atoms with Gasteiger partial charge in [-0.3, -0.25) is 4.79 Å². The van der Waals surface area contributed by atoms with Crippen molar-refractivity contribution in [1.29, 1.82) is 0 Å². The molecule has 1 aromatic heterocycles. The maximum Gasteiger partial charge on any atom is 0.208 e. The van der Waals surface area contributed by atoms with E-state index in [9.17, 15) is 4.79 Å². The van der Waals surface area contributed by atoms with Crippen LogP contribution >= 0.6 is 0 Å². The monoisotopic (exact) mass is 286 g/mol. The Labute approximate surface area is 120 Å². The Morgan fingerprint density at radius 1 is 0.905 bits per heavy atom. The first kappa shape index (κ1) is 13.3. The van der Waals surface area contributed by atoms with Gasteiger partial charge in [-0.1, -0.05) is 12.1 Å². The lowest BCUT2D eigenvalue weighted by Crippen LogP contribution is -2.05. The van der Waals surface area contributed by atoms with Gasteiger partial charge in [0.25, 0.3) is 0 Å². The van der Waals surface area contributed by atoms with Crippen molar-refractivity contribution in [1.82, 2.24) is 0 Å². The van der Waals surface area contributed by atoms with Crippen LogP contribution in [0, 0.1) is 0 Å². The Morgan fingerprint density at radius 2 is 1.62 bits per heavy atom. The molecule has 5 nitrogen and oxygen atoms in total. The Kier molecular flexibility index (Phi) is 3.17. The molecule has 0 atom stereocenters. The average molecular weight is 286 g/mol. The number of fused-ring (bicyclic) bond motifs is 2. The molecule has 0 saturated heterocycles. The van der Waals surface area contributed by atoms with E-state index in [1.807, 2.05) is 6.07 Å². The summed E-state index contributed by atoms with van der Waals surface area (Å²) in [6.07, 6.45) is 0. The van der Waals surface area contributed by atoms with Gasteiger partial charge in [0.05, 0.1) is 32.1 Å². The molecule has 3 aromatic rings. The SMILES string of the molecule is COc1cc2c(=O)c3ccccc3oc2c(OC)c1OC. The maximum atomic E-state index is 12.6. The topological polar surface area (TPSA) is 57.9 Å². The van der Waals surface area contributed by atoms with Gasteiger partial charge in [-0.05, 0) is 18.2 Å². The van der Waals surface area contributed by atoms with E-state index in [-0.39, 0.29) is 5.43 Å². The summed E-state index contributed by atoms with van der Waals surface area (Å²) in [5, 5.41) is 0.905.